The van der Waals surface area contributed by atoms with Gasteiger partial charge in [0.15, 0.2) is 0 Å². The third-order valence-corrected chi connectivity index (χ3v) is 3.44. The number of thiazole rings is 1. The lowest BCUT2D eigenvalue weighted by molar-refractivity contribution is -0.120. The number of carbonyl (C=O) groups is 1. The van der Waals surface area contributed by atoms with Gasteiger partial charge in [0.2, 0.25) is 11.8 Å². The van der Waals surface area contributed by atoms with Crippen molar-refractivity contribution in [2.75, 3.05) is 6.61 Å². The molecule has 20 heavy (non-hydrogen) atoms. The summed E-state index contributed by atoms with van der Waals surface area (Å²) in [6, 6.07) is 3.72. The molecule has 2 rings (SSSR count). The van der Waals surface area contributed by atoms with Crippen molar-refractivity contribution >= 4 is 17.2 Å². The van der Waals surface area contributed by atoms with Crippen LogP contribution in [0, 0.1) is 6.92 Å². The lowest BCUT2D eigenvalue weighted by Crippen LogP contribution is -2.25. The predicted molar refractivity (Wildman–Crippen MR) is 77.8 cm³/mol. The Hall–Kier alpha value is -1.95. The van der Waals surface area contributed by atoms with Gasteiger partial charge in [0.1, 0.15) is 0 Å². The van der Waals surface area contributed by atoms with Crippen LogP contribution in [0.25, 0.3) is 0 Å². The van der Waals surface area contributed by atoms with Crippen LogP contribution >= 0.6 is 11.3 Å². The van der Waals surface area contributed by atoms with Crippen LogP contribution in [0.1, 0.15) is 23.2 Å². The van der Waals surface area contributed by atoms with Gasteiger partial charge in [0.05, 0.1) is 23.7 Å². The second-order valence-corrected chi connectivity index (χ2v) is 5.27. The fraction of sp³-hybridized carbons (Fsp3) is 0.357. The fourth-order valence-corrected chi connectivity index (χ4v) is 2.35. The quantitative estimate of drug-likeness (QED) is 0.885. The minimum Gasteiger partial charge on any atom is -0.478 e. The summed E-state index contributed by atoms with van der Waals surface area (Å²) in [4.78, 5) is 20.3. The maximum Gasteiger partial charge on any atom is 0.226 e. The van der Waals surface area contributed by atoms with Gasteiger partial charge in [0, 0.05) is 23.7 Å². The van der Waals surface area contributed by atoms with Crippen LogP contribution in [0.15, 0.2) is 23.7 Å². The lowest BCUT2D eigenvalue weighted by Gasteiger charge is -2.09. The molecular weight excluding hydrogens is 274 g/mol. The van der Waals surface area contributed by atoms with E-state index in [4.69, 9.17) is 4.74 Å². The summed E-state index contributed by atoms with van der Waals surface area (Å²) in [5.74, 6) is 0.515. The molecule has 0 saturated heterocycles. The number of nitrogens with one attached hydrogen (secondary N) is 1. The predicted octanol–water partition coefficient (Wildman–Crippen LogP) is 2.10. The van der Waals surface area contributed by atoms with Gasteiger partial charge in [-0.1, -0.05) is 6.07 Å². The molecule has 0 spiro atoms. The summed E-state index contributed by atoms with van der Waals surface area (Å²) in [5.41, 5.74) is 1.68. The summed E-state index contributed by atoms with van der Waals surface area (Å²) in [6.07, 6.45) is 1.98. The van der Waals surface area contributed by atoms with Gasteiger partial charge in [0.25, 0.3) is 0 Å². The molecular formula is C14H17N3O2S. The molecule has 106 valence electrons. The third-order valence-electron chi connectivity index (χ3n) is 2.62. The summed E-state index contributed by atoms with van der Waals surface area (Å²) in [5, 5.41) is 5.74. The number of hydrogen-bond donors (Lipinski definition) is 1. The van der Waals surface area contributed by atoms with E-state index in [-0.39, 0.29) is 5.91 Å². The highest BCUT2D eigenvalue weighted by Crippen LogP contribution is 2.14. The zero-order chi connectivity index (χ0) is 14.4. The molecule has 0 aromatic carbocycles. The van der Waals surface area contributed by atoms with Crippen molar-refractivity contribution in [3.05, 3.63) is 40.0 Å². The molecule has 0 saturated carbocycles. The minimum atomic E-state index is -0.0541. The first kappa shape index (κ1) is 14.5. The Bertz CT molecular complexity index is 583. The summed E-state index contributed by atoms with van der Waals surface area (Å²) in [7, 11) is 0. The van der Waals surface area contributed by atoms with E-state index in [0.29, 0.717) is 25.5 Å². The molecule has 2 aromatic heterocycles. The second-order valence-electron chi connectivity index (χ2n) is 4.21. The molecule has 5 nitrogen and oxygen atoms in total. The van der Waals surface area contributed by atoms with Crippen molar-refractivity contribution in [3.8, 4) is 5.88 Å². The minimum absolute atomic E-state index is 0.0541. The number of pyridine rings is 1. The van der Waals surface area contributed by atoms with Crippen LogP contribution in [0.4, 0.5) is 0 Å². The lowest BCUT2D eigenvalue weighted by atomic mass is 10.2. The number of aryl methyl sites for hydroxylation is 1. The van der Waals surface area contributed by atoms with Crippen molar-refractivity contribution < 1.29 is 9.53 Å². The first-order valence-corrected chi connectivity index (χ1v) is 7.31. The Morgan fingerprint density at radius 1 is 1.50 bits per heavy atom. The topological polar surface area (TPSA) is 64.1 Å². The molecule has 2 aromatic rings. The third kappa shape index (κ3) is 4.03. The van der Waals surface area contributed by atoms with Crippen LogP contribution in [0.5, 0.6) is 5.88 Å². The SMILES string of the molecule is CCOc1ncccc1CNC(=O)Cc1csc(C)n1. The van der Waals surface area contributed by atoms with Crippen molar-refractivity contribution in [1.29, 1.82) is 0 Å². The van der Waals surface area contributed by atoms with Crippen LogP contribution in [0.2, 0.25) is 0 Å². The van der Waals surface area contributed by atoms with Gasteiger partial charge < -0.3 is 10.1 Å². The number of nitrogens with zero attached hydrogens (tertiary/aromatic N) is 2. The van der Waals surface area contributed by atoms with E-state index in [1.54, 1.807) is 17.5 Å². The van der Waals surface area contributed by atoms with E-state index in [2.05, 4.69) is 15.3 Å². The molecule has 2 heterocycles. The van der Waals surface area contributed by atoms with Crippen LogP contribution in [-0.2, 0) is 17.8 Å². The van der Waals surface area contributed by atoms with Crippen LogP contribution in [0.3, 0.4) is 0 Å². The zero-order valence-corrected chi connectivity index (χ0v) is 12.4. The van der Waals surface area contributed by atoms with Gasteiger partial charge in [-0.15, -0.1) is 11.3 Å². The molecule has 0 aliphatic carbocycles. The van der Waals surface area contributed by atoms with Crippen molar-refractivity contribution in [2.24, 2.45) is 0 Å². The summed E-state index contributed by atoms with van der Waals surface area (Å²) in [6.45, 7) is 4.79. The molecule has 1 N–H and O–H groups in total. The van der Waals surface area contributed by atoms with E-state index < -0.39 is 0 Å². The number of ether oxygens (including phenoxy) is 1. The van der Waals surface area contributed by atoms with E-state index in [1.165, 1.54) is 0 Å². The standard InChI is InChI=1S/C14H17N3O2S/c1-3-19-14-11(5-4-6-15-14)8-16-13(18)7-12-9-20-10(2)17-12/h4-6,9H,3,7-8H2,1-2H3,(H,16,18). The maximum absolute atomic E-state index is 11.9. The largest absolute Gasteiger partial charge is 0.478 e. The normalized spacial score (nSPS) is 10.3. The highest BCUT2D eigenvalue weighted by atomic mass is 32.1. The highest BCUT2D eigenvalue weighted by Gasteiger charge is 2.08. The van der Waals surface area contributed by atoms with Crippen molar-refractivity contribution in [1.82, 2.24) is 15.3 Å². The van der Waals surface area contributed by atoms with Crippen molar-refractivity contribution in [3.63, 3.8) is 0 Å². The molecule has 0 bridgehead atoms. The Balaban J connectivity index is 1.90. The van der Waals surface area contributed by atoms with Crippen molar-refractivity contribution in [2.45, 2.75) is 26.8 Å². The monoisotopic (exact) mass is 291 g/mol. The summed E-state index contributed by atoms with van der Waals surface area (Å²) >= 11 is 1.55. The number of amides is 1. The first-order valence-electron chi connectivity index (χ1n) is 6.43. The Morgan fingerprint density at radius 2 is 2.35 bits per heavy atom. The number of carbonyl (C=O) groups excluding carboxylic acids is 1. The Labute approximate surface area is 122 Å². The molecule has 0 unspecified atom stereocenters. The molecule has 0 fully saturated rings. The zero-order valence-electron chi connectivity index (χ0n) is 11.5. The molecule has 6 heteroatoms. The summed E-state index contributed by atoms with van der Waals surface area (Å²) < 4.78 is 5.42. The Morgan fingerprint density at radius 3 is 3.05 bits per heavy atom. The molecule has 0 aliphatic rings. The molecule has 0 radical (unpaired) electrons. The van der Waals surface area contributed by atoms with E-state index >= 15 is 0 Å². The highest BCUT2D eigenvalue weighted by molar-refractivity contribution is 7.09. The van der Waals surface area contributed by atoms with E-state index in [0.717, 1.165) is 16.3 Å². The number of rotatable bonds is 6. The smallest absolute Gasteiger partial charge is 0.226 e. The molecule has 0 aliphatic heterocycles. The second kappa shape index (κ2) is 7.00. The molecule has 1 amide bonds. The first-order chi connectivity index (χ1) is 9.69. The van der Waals surface area contributed by atoms with Gasteiger partial charge in [-0.25, -0.2) is 9.97 Å². The Kier molecular flexibility index (Phi) is 5.06. The van der Waals surface area contributed by atoms with Gasteiger partial charge >= 0.3 is 0 Å². The molecule has 0 atom stereocenters. The van der Waals surface area contributed by atoms with E-state index in [9.17, 15) is 4.79 Å². The van der Waals surface area contributed by atoms with E-state index in [1.807, 2.05) is 31.4 Å². The van der Waals surface area contributed by atoms with Crippen LogP contribution < -0.4 is 10.1 Å². The number of aromatic nitrogens is 2. The van der Waals surface area contributed by atoms with Gasteiger partial charge in [-0.05, 0) is 19.9 Å². The fourth-order valence-electron chi connectivity index (χ4n) is 1.74. The van der Waals surface area contributed by atoms with Crippen LogP contribution in [-0.4, -0.2) is 22.5 Å². The average Bonchev–Trinajstić information content (AvgIpc) is 2.83. The van der Waals surface area contributed by atoms with Gasteiger partial charge in [-0.3, -0.25) is 4.79 Å². The average molecular weight is 291 g/mol. The number of hydrogen-bond acceptors (Lipinski definition) is 5. The van der Waals surface area contributed by atoms with Gasteiger partial charge in [-0.2, -0.15) is 0 Å². The maximum atomic E-state index is 11.9.